The number of carbonyl (C=O) groups is 2. The summed E-state index contributed by atoms with van der Waals surface area (Å²) in [6.07, 6.45) is 3.33. The molecular weight excluding hydrogens is 188 g/mol. The van der Waals surface area contributed by atoms with Gasteiger partial charge in [-0.25, -0.2) is 4.79 Å². The summed E-state index contributed by atoms with van der Waals surface area (Å²) >= 11 is 0. The molecule has 6 heteroatoms. The molecule has 0 spiro atoms. The summed E-state index contributed by atoms with van der Waals surface area (Å²) in [4.78, 5) is 20.5. The fourth-order valence-electron chi connectivity index (χ4n) is 0.690. The second-order valence-corrected chi connectivity index (χ2v) is 2.95. The van der Waals surface area contributed by atoms with Gasteiger partial charge in [0.1, 0.15) is 0 Å². The topological polar surface area (TPSA) is 127 Å². The molecule has 0 aliphatic rings. The lowest BCUT2D eigenvalue weighted by molar-refractivity contribution is -0.143. The molecule has 14 heavy (non-hydrogen) atoms. The van der Waals surface area contributed by atoms with E-state index in [2.05, 4.69) is 0 Å². The van der Waals surface area contributed by atoms with Crippen molar-refractivity contribution in [3.05, 3.63) is 12.2 Å². The molecule has 0 unspecified atom stereocenters. The van der Waals surface area contributed by atoms with E-state index in [-0.39, 0.29) is 12.8 Å². The average molecular weight is 202 g/mol. The molecule has 0 amide bonds. The first-order valence-electron chi connectivity index (χ1n) is 4.04. The minimum absolute atomic E-state index is 0.00567. The van der Waals surface area contributed by atoms with Crippen LogP contribution in [0.15, 0.2) is 12.2 Å². The van der Waals surface area contributed by atoms with Crippen molar-refractivity contribution in [2.24, 2.45) is 11.5 Å². The van der Waals surface area contributed by atoms with Gasteiger partial charge < -0.3 is 21.7 Å². The number of hydrogen-bond donors (Lipinski definition) is 4. The Kier molecular flexibility index (Phi) is 4.82. The molecule has 0 rings (SSSR count). The van der Waals surface area contributed by atoms with Crippen LogP contribution in [0, 0.1) is 0 Å². The van der Waals surface area contributed by atoms with Crippen LogP contribution in [0.2, 0.25) is 0 Å². The summed E-state index contributed by atoms with van der Waals surface area (Å²) in [7, 11) is 0. The van der Waals surface area contributed by atoms with Crippen molar-refractivity contribution < 1.29 is 19.8 Å². The molecule has 0 saturated carbocycles. The van der Waals surface area contributed by atoms with Gasteiger partial charge in [0.05, 0.1) is 0 Å². The molecule has 0 atom stereocenters. The zero-order chi connectivity index (χ0) is 11.2. The molecule has 0 radical (unpaired) electrons. The summed E-state index contributed by atoms with van der Waals surface area (Å²) < 4.78 is 0. The molecule has 0 bridgehead atoms. The lowest BCUT2D eigenvalue weighted by atomic mass is 10.1. The Labute approximate surface area is 81.2 Å². The van der Waals surface area contributed by atoms with Crippen molar-refractivity contribution in [3.63, 3.8) is 0 Å². The number of nitrogens with two attached hydrogens (primary N) is 2. The maximum atomic E-state index is 10.4. The van der Waals surface area contributed by atoms with Gasteiger partial charge in [-0.15, -0.1) is 0 Å². The smallest absolute Gasteiger partial charge is 0.338 e. The van der Waals surface area contributed by atoms with Crippen LogP contribution < -0.4 is 11.5 Å². The first-order valence-corrected chi connectivity index (χ1v) is 4.04. The minimum atomic E-state index is -1.78. The van der Waals surface area contributed by atoms with E-state index in [1.165, 1.54) is 6.08 Å². The van der Waals surface area contributed by atoms with Crippen LogP contribution in [0.1, 0.15) is 19.3 Å². The summed E-state index contributed by atoms with van der Waals surface area (Å²) in [6, 6.07) is 0. The first-order chi connectivity index (χ1) is 6.36. The Balaban J connectivity index is 3.82. The fraction of sp³-hybridized carbons (Fsp3) is 0.500. The Hall–Kier alpha value is -1.40. The van der Waals surface area contributed by atoms with E-state index in [0.717, 1.165) is 0 Å². The van der Waals surface area contributed by atoms with Gasteiger partial charge in [0, 0.05) is 12.8 Å². The summed E-state index contributed by atoms with van der Waals surface area (Å²) in [5, 5.41) is 16.8. The fourth-order valence-corrected chi connectivity index (χ4v) is 0.690. The second kappa shape index (κ2) is 5.36. The number of hydrogen-bond acceptors (Lipinski definition) is 4. The SMILES string of the molecule is NC(N)(C/C=C/CCC(=O)O)C(=O)O. The van der Waals surface area contributed by atoms with Crippen LogP contribution in [0.25, 0.3) is 0 Å². The third kappa shape index (κ3) is 5.28. The standard InChI is InChI=1S/C8H14N2O4/c9-8(10,7(13)14)5-3-1-2-4-6(11)12/h1,3H,2,4-5,9-10H2,(H,11,12)(H,13,14)/b3-1+. The molecule has 6 N–H and O–H groups in total. The van der Waals surface area contributed by atoms with Crippen LogP contribution in [0.5, 0.6) is 0 Å². The van der Waals surface area contributed by atoms with Gasteiger partial charge in [0.25, 0.3) is 0 Å². The summed E-state index contributed by atoms with van der Waals surface area (Å²) in [5.74, 6) is -2.19. The number of carboxylic acid groups (broad SMARTS) is 2. The monoisotopic (exact) mass is 202 g/mol. The highest BCUT2D eigenvalue weighted by Crippen LogP contribution is 2.01. The lowest BCUT2D eigenvalue weighted by Crippen LogP contribution is -2.55. The molecule has 0 heterocycles. The van der Waals surface area contributed by atoms with Gasteiger partial charge in [-0.1, -0.05) is 12.2 Å². The van der Waals surface area contributed by atoms with E-state index in [1.807, 2.05) is 0 Å². The van der Waals surface area contributed by atoms with E-state index in [1.54, 1.807) is 6.08 Å². The number of allylic oxidation sites excluding steroid dienone is 1. The van der Waals surface area contributed by atoms with Crippen LogP contribution in [-0.2, 0) is 9.59 Å². The average Bonchev–Trinajstić information content (AvgIpc) is 2.02. The number of aliphatic carboxylic acids is 2. The molecule has 0 aromatic rings. The molecule has 6 nitrogen and oxygen atoms in total. The van der Waals surface area contributed by atoms with Crippen molar-refractivity contribution in [2.75, 3.05) is 0 Å². The van der Waals surface area contributed by atoms with E-state index < -0.39 is 17.6 Å². The summed E-state index contributed by atoms with van der Waals surface area (Å²) in [6.45, 7) is 0. The molecular formula is C8H14N2O4. The van der Waals surface area contributed by atoms with Gasteiger partial charge in [-0.3, -0.25) is 4.79 Å². The Bertz CT molecular complexity index is 248. The van der Waals surface area contributed by atoms with Crippen LogP contribution >= 0.6 is 0 Å². The predicted octanol–water partition coefficient (Wildman–Crippen LogP) is -0.504. The highest BCUT2D eigenvalue weighted by molar-refractivity contribution is 5.77. The van der Waals surface area contributed by atoms with Gasteiger partial charge in [0.15, 0.2) is 5.66 Å². The molecule has 0 aromatic heterocycles. The Morgan fingerprint density at radius 1 is 1.21 bits per heavy atom. The predicted molar refractivity (Wildman–Crippen MR) is 49.4 cm³/mol. The summed E-state index contributed by atoms with van der Waals surface area (Å²) in [5.41, 5.74) is 8.65. The Morgan fingerprint density at radius 3 is 2.21 bits per heavy atom. The van der Waals surface area contributed by atoms with Gasteiger partial charge in [0.2, 0.25) is 0 Å². The lowest BCUT2D eigenvalue weighted by Gasteiger charge is -2.15. The zero-order valence-corrected chi connectivity index (χ0v) is 7.64. The molecule has 80 valence electrons. The van der Waals surface area contributed by atoms with Gasteiger partial charge in [-0.05, 0) is 6.42 Å². The third-order valence-electron chi connectivity index (χ3n) is 1.55. The number of carboxylic acids is 2. The minimum Gasteiger partial charge on any atom is -0.481 e. The maximum Gasteiger partial charge on any atom is 0.338 e. The Morgan fingerprint density at radius 2 is 1.79 bits per heavy atom. The van der Waals surface area contributed by atoms with Crippen molar-refractivity contribution in [1.82, 2.24) is 0 Å². The van der Waals surface area contributed by atoms with Gasteiger partial charge in [-0.2, -0.15) is 0 Å². The van der Waals surface area contributed by atoms with Crippen LogP contribution in [0.4, 0.5) is 0 Å². The third-order valence-corrected chi connectivity index (χ3v) is 1.55. The van der Waals surface area contributed by atoms with E-state index >= 15 is 0 Å². The first kappa shape index (κ1) is 12.6. The quantitative estimate of drug-likeness (QED) is 0.339. The largest absolute Gasteiger partial charge is 0.481 e. The van der Waals surface area contributed by atoms with Crippen molar-refractivity contribution in [2.45, 2.75) is 24.9 Å². The highest BCUT2D eigenvalue weighted by atomic mass is 16.4. The molecule has 0 aromatic carbocycles. The molecule has 0 aliphatic carbocycles. The normalized spacial score (nSPS) is 11.9. The zero-order valence-electron chi connectivity index (χ0n) is 7.64. The van der Waals surface area contributed by atoms with E-state index in [4.69, 9.17) is 21.7 Å². The van der Waals surface area contributed by atoms with E-state index in [0.29, 0.717) is 6.42 Å². The molecule has 0 aliphatic heterocycles. The van der Waals surface area contributed by atoms with Crippen molar-refractivity contribution in [1.29, 1.82) is 0 Å². The number of rotatable bonds is 6. The maximum absolute atomic E-state index is 10.4. The highest BCUT2D eigenvalue weighted by Gasteiger charge is 2.26. The molecule has 0 fully saturated rings. The van der Waals surface area contributed by atoms with Gasteiger partial charge >= 0.3 is 11.9 Å². The second-order valence-electron chi connectivity index (χ2n) is 2.95. The van der Waals surface area contributed by atoms with Crippen LogP contribution in [-0.4, -0.2) is 27.8 Å². The van der Waals surface area contributed by atoms with Crippen LogP contribution in [0.3, 0.4) is 0 Å². The molecule has 0 saturated heterocycles. The van der Waals surface area contributed by atoms with E-state index in [9.17, 15) is 9.59 Å². The van der Waals surface area contributed by atoms with Crippen molar-refractivity contribution in [3.8, 4) is 0 Å². The van der Waals surface area contributed by atoms with Crippen molar-refractivity contribution >= 4 is 11.9 Å².